The van der Waals surface area contributed by atoms with Gasteiger partial charge in [0.2, 0.25) is 10.0 Å². The number of benzene rings is 2. The molecule has 4 N–H and O–H groups in total. The predicted octanol–water partition coefficient (Wildman–Crippen LogP) is 2.52. The Kier molecular flexibility index (Phi) is 4.37. The van der Waals surface area contributed by atoms with Gasteiger partial charge in [-0.25, -0.2) is 13.6 Å². The number of anilines is 1. The Bertz CT molecular complexity index is 728. The van der Waals surface area contributed by atoms with Gasteiger partial charge in [0.25, 0.3) is 0 Å². The van der Waals surface area contributed by atoms with E-state index in [0.717, 1.165) is 10.6 Å². The van der Waals surface area contributed by atoms with Crippen LogP contribution in [0.15, 0.2) is 52.3 Å². The monoisotopic (exact) mass is 308 g/mol. The maximum Gasteiger partial charge on any atom is 0.238 e. The minimum atomic E-state index is -3.73. The summed E-state index contributed by atoms with van der Waals surface area (Å²) in [5, 5.41) is 5.13. The van der Waals surface area contributed by atoms with Crippen LogP contribution in [0.25, 0.3) is 0 Å². The molecule has 0 unspecified atom stereocenters. The number of nitrogens with two attached hydrogens (primary N) is 2. The molecule has 2 aromatic rings. The number of aryl methyl sites for hydroxylation is 1. The molecule has 2 rings (SSSR count). The van der Waals surface area contributed by atoms with Crippen LogP contribution in [0.2, 0.25) is 0 Å². The predicted molar refractivity (Wildman–Crippen MR) is 83.0 cm³/mol. The molecule has 0 aliphatic heterocycles. The Morgan fingerprint density at radius 2 is 1.85 bits per heavy atom. The van der Waals surface area contributed by atoms with Crippen molar-refractivity contribution in [3.05, 3.63) is 53.6 Å². The highest BCUT2D eigenvalue weighted by atomic mass is 32.2. The zero-order valence-corrected chi connectivity index (χ0v) is 12.7. The van der Waals surface area contributed by atoms with Crippen molar-refractivity contribution in [1.82, 2.24) is 0 Å². The van der Waals surface area contributed by atoms with Crippen molar-refractivity contribution < 1.29 is 8.42 Å². The molecule has 106 valence electrons. The molecule has 0 heterocycles. The van der Waals surface area contributed by atoms with Crippen LogP contribution in [-0.4, -0.2) is 8.42 Å². The lowest BCUT2D eigenvalue weighted by Gasteiger charge is -2.08. The standard InChI is InChI=1S/C14H16N2O2S2/c1-10-4-2-3-5-11(10)9-19-13-6-12(15)7-14(8-13)20(16,17)18/h2-8H,9,15H2,1H3,(H2,16,17,18). The summed E-state index contributed by atoms with van der Waals surface area (Å²) in [7, 11) is -3.73. The first-order valence-electron chi connectivity index (χ1n) is 5.97. The van der Waals surface area contributed by atoms with Gasteiger partial charge in [-0.15, -0.1) is 11.8 Å². The molecule has 0 aliphatic carbocycles. The fourth-order valence-electron chi connectivity index (χ4n) is 1.77. The minimum Gasteiger partial charge on any atom is -0.399 e. The van der Waals surface area contributed by atoms with E-state index in [9.17, 15) is 8.42 Å². The van der Waals surface area contributed by atoms with Gasteiger partial charge in [0.15, 0.2) is 0 Å². The van der Waals surface area contributed by atoms with Gasteiger partial charge in [0.05, 0.1) is 4.90 Å². The van der Waals surface area contributed by atoms with Gasteiger partial charge in [-0.1, -0.05) is 24.3 Å². The number of nitrogen functional groups attached to an aromatic ring is 1. The van der Waals surface area contributed by atoms with E-state index in [-0.39, 0.29) is 4.90 Å². The van der Waals surface area contributed by atoms with E-state index < -0.39 is 10.0 Å². The largest absolute Gasteiger partial charge is 0.399 e. The van der Waals surface area contributed by atoms with E-state index in [1.165, 1.54) is 29.0 Å². The number of hydrogen-bond donors (Lipinski definition) is 2. The van der Waals surface area contributed by atoms with Crippen molar-refractivity contribution in [1.29, 1.82) is 0 Å². The smallest absolute Gasteiger partial charge is 0.238 e. The molecular formula is C14H16N2O2S2. The second-order valence-electron chi connectivity index (χ2n) is 4.50. The van der Waals surface area contributed by atoms with Gasteiger partial charge < -0.3 is 5.73 Å². The molecule has 0 spiro atoms. The second-order valence-corrected chi connectivity index (χ2v) is 7.11. The first kappa shape index (κ1) is 14.9. The van der Waals surface area contributed by atoms with Crippen molar-refractivity contribution in [2.75, 3.05) is 5.73 Å². The lowest BCUT2D eigenvalue weighted by Crippen LogP contribution is -2.12. The van der Waals surface area contributed by atoms with E-state index in [4.69, 9.17) is 10.9 Å². The molecule has 0 aliphatic rings. The van der Waals surface area contributed by atoms with Crippen LogP contribution in [-0.2, 0) is 15.8 Å². The molecule has 0 aromatic heterocycles. The number of rotatable bonds is 4. The number of thioether (sulfide) groups is 1. The first-order valence-corrected chi connectivity index (χ1v) is 8.50. The van der Waals surface area contributed by atoms with Crippen molar-refractivity contribution in [2.24, 2.45) is 5.14 Å². The van der Waals surface area contributed by atoms with Gasteiger partial charge in [-0.2, -0.15) is 0 Å². The van der Waals surface area contributed by atoms with E-state index >= 15 is 0 Å². The molecule has 0 saturated carbocycles. The van der Waals surface area contributed by atoms with E-state index in [2.05, 4.69) is 6.07 Å². The van der Waals surface area contributed by atoms with Crippen LogP contribution in [0.3, 0.4) is 0 Å². The van der Waals surface area contributed by atoms with E-state index in [1.54, 1.807) is 12.1 Å². The number of hydrogen-bond acceptors (Lipinski definition) is 4. The Balaban J connectivity index is 2.22. The quantitative estimate of drug-likeness (QED) is 0.671. The van der Waals surface area contributed by atoms with Crippen molar-refractivity contribution in [3.63, 3.8) is 0 Å². The third-order valence-corrected chi connectivity index (χ3v) is 4.80. The maximum atomic E-state index is 11.4. The molecule has 0 atom stereocenters. The van der Waals surface area contributed by atoms with Crippen LogP contribution in [0, 0.1) is 6.92 Å². The Labute approximate surface area is 123 Å². The van der Waals surface area contributed by atoms with Gasteiger partial charge in [0, 0.05) is 16.3 Å². The summed E-state index contributed by atoms with van der Waals surface area (Å²) in [5.74, 6) is 0.750. The highest BCUT2D eigenvalue weighted by Gasteiger charge is 2.10. The lowest BCUT2D eigenvalue weighted by molar-refractivity contribution is 0.597. The average Bonchev–Trinajstić information content (AvgIpc) is 2.36. The average molecular weight is 308 g/mol. The third kappa shape index (κ3) is 3.75. The normalized spacial score (nSPS) is 11.5. The molecule has 6 heteroatoms. The summed E-state index contributed by atoms with van der Waals surface area (Å²) >= 11 is 1.53. The molecule has 0 fully saturated rings. The SMILES string of the molecule is Cc1ccccc1CSc1cc(N)cc(S(N)(=O)=O)c1. The summed E-state index contributed by atoms with van der Waals surface area (Å²) in [5.41, 5.74) is 8.52. The Hall–Kier alpha value is -1.50. The van der Waals surface area contributed by atoms with E-state index in [1.807, 2.05) is 25.1 Å². The molecule has 0 amide bonds. The highest BCUT2D eigenvalue weighted by molar-refractivity contribution is 7.98. The molecule has 0 bridgehead atoms. The molecule has 4 nitrogen and oxygen atoms in total. The zero-order valence-electron chi connectivity index (χ0n) is 11.0. The van der Waals surface area contributed by atoms with E-state index in [0.29, 0.717) is 5.69 Å². The summed E-state index contributed by atoms with van der Waals surface area (Å²) in [6.45, 7) is 2.05. The zero-order chi connectivity index (χ0) is 14.8. The van der Waals surface area contributed by atoms with Crippen LogP contribution in [0.1, 0.15) is 11.1 Å². The fourth-order valence-corrected chi connectivity index (χ4v) is 3.52. The molecule has 0 saturated heterocycles. The number of primary sulfonamides is 1. The highest BCUT2D eigenvalue weighted by Crippen LogP contribution is 2.28. The number of sulfonamides is 1. The van der Waals surface area contributed by atoms with Crippen LogP contribution in [0.4, 0.5) is 5.69 Å². The molecule has 0 radical (unpaired) electrons. The van der Waals surface area contributed by atoms with Gasteiger partial charge in [-0.05, 0) is 36.2 Å². The first-order chi connectivity index (χ1) is 9.36. The van der Waals surface area contributed by atoms with Crippen molar-refractivity contribution in [3.8, 4) is 0 Å². The molecule has 20 heavy (non-hydrogen) atoms. The van der Waals surface area contributed by atoms with Crippen molar-refractivity contribution in [2.45, 2.75) is 22.5 Å². The van der Waals surface area contributed by atoms with Gasteiger partial charge >= 0.3 is 0 Å². The molecular weight excluding hydrogens is 292 g/mol. The Morgan fingerprint density at radius 3 is 2.50 bits per heavy atom. The maximum absolute atomic E-state index is 11.4. The summed E-state index contributed by atoms with van der Waals surface area (Å²) in [4.78, 5) is 0.835. The van der Waals surface area contributed by atoms with Crippen LogP contribution in [0.5, 0.6) is 0 Å². The fraction of sp³-hybridized carbons (Fsp3) is 0.143. The van der Waals surface area contributed by atoms with Gasteiger partial charge in [0.1, 0.15) is 0 Å². The lowest BCUT2D eigenvalue weighted by atomic mass is 10.1. The molecule has 2 aromatic carbocycles. The minimum absolute atomic E-state index is 0.0461. The topological polar surface area (TPSA) is 86.2 Å². The van der Waals surface area contributed by atoms with Crippen molar-refractivity contribution >= 4 is 27.5 Å². The Morgan fingerprint density at radius 1 is 1.15 bits per heavy atom. The second kappa shape index (κ2) is 5.87. The van der Waals surface area contributed by atoms with Crippen LogP contribution < -0.4 is 10.9 Å². The summed E-state index contributed by atoms with van der Waals surface area (Å²) in [6, 6.07) is 12.7. The third-order valence-electron chi connectivity index (χ3n) is 2.89. The summed E-state index contributed by atoms with van der Waals surface area (Å²) < 4.78 is 22.8. The van der Waals surface area contributed by atoms with Crippen LogP contribution >= 0.6 is 11.8 Å². The van der Waals surface area contributed by atoms with Gasteiger partial charge in [-0.3, -0.25) is 0 Å². The summed E-state index contributed by atoms with van der Waals surface area (Å²) in [6.07, 6.45) is 0.